The molecule has 0 saturated carbocycles. The van der Waals surface area contributed by atoms with Gasteiger partial charge in [0.15, 0.2) is 5.54 Å². The Kier molecular flexibility index (Phi) is 3.88. The van der Waals surface area contributed by atoms with Crippen LogP contribution in [0.1, 0.15) is 31.1 Å². The summed E-state index contributed by atoms with van der Waals surface area (Å²) in [6.07, 6.45) is 0. The Bertz CT molecular complexity index is 622. The van der Waals surface area contributed by atoms with Gasteiger partial charge in [0, 0.05) is 5.56 Å². The van der Waals surface area contributed by atoms with Crippen LogP contribution in [-0.4, -0.2) is 28.9 Å². The number of amides is 1. The van der Waals surface area contributed by atoms with Crippen LogP contribution in [0.15, 0.2) is 35.5 Å². The molecule has 0 radical (unpaired) electrons. The van der Waals surface area contributed by atoms with E-state index in [1.807, 2.05) is 0 Å². The van der Waals surface area contributed by atoms with Crippen LogP contribution < -0.4 is 5.32 Å². The summed E-state index contributed by atoms with van der Waals surface area (Å²) >= 11 is 0. The maximum Gasteiger partial charge on any atom is 0.366 e. The molecule has 0 spiro atoms. The molecule has 0 aliphatic carbocycles. The zero-order valence-corrected chi connectivity index (χ0v) is 12.0. The third-order valence-corrected chi connectivity index (χ3v) is 3.58. The SMILES string of the molecule is CC1=NOC(=O)C1(NC(=O)C(=O)c1ccccc1)C(C)C. The van der Waals surface area contributed by atoms with Crippen molar-refractivity contribution < 1.29 is 19.2 Å². The van der Waals surface area contributed by atoms with Crippen LogP contribution in [0, 0.1) is 5.92 Å². The Hall–Kier alpha value is -2.50. The summed E-state index contributed by atoms with van der Waals surface area (Å²) in [6.45, 7) is 5.08. The van der Waals surface area contributed by atoms with Gasteiger partial charge in [-0.3, -0.25) is 9.59 Å². The molecule has 0 bridgehead atoms. The van der Waals surface area contributed by atoms with Gasteiger partial charge < -0.3 is 10.2 Å². The van der Waals surface area contributed by atoms with Gasteiger partial charge >= 0.3 is 5.97 Å². The fourth-order valence-electron chi connectivity index (χ4n) is 2.30. The van der Waals surface area contributed by atoms with Crippen molar-refractivity contribution in [3.05, 3.63) is 35.9 Å². The minimum atomic E-state index is -1.39. The zero-order valence-electron chi connectivity index (χ0n) is 12.0. The lowest BCUT2D eigenvalue weighted by atomic mass is 9.82. The van der Waals surface area contributed by atoms with Crippen molar-refractivity contribution in [3.63, 3.8) is 0 Å². The van der Waals surface area contributed by atoms with Gasteiger partial charge in [-0.1, -0.05) is 49.3 Å². The van der Waals surface area contributed by atoms with Gasteiger partial charge in [-0.25, -0.2) is 4.79 Å². The summed E-state index contributed by atoms with van der Waals surface area (Å²) in [5, 5.41) is 6.11. The van der Waals surface area contributed by atoms with E-state index in [2.05, 4.69) is 15.3 Å². The number of oxime groups is 1. The van der Waals surface area contributed by atoms with Crippen molar-refractivity contribution in [2.24, 2.45) is 11.1 Å². The molecular weight excluding hydrogens is 272 g/mol. The lowest BCUT2D eigenvalue weighted by Crippen LogP contribution is -2.61. The number of hydrogen-bond donors (Lipinski definition) is 1. The summed E-state index contributed by atoms with van der Waals surface area (Å²) in [5.74, 6) is -2.54. The van der Waals surface area contributed by atoms with E-state index >= 15 is 0 Å². The van der Waals surface area contributed by atoms with Crippen LogP contribution in [0.25, 0.3) is 0 Å². The lowest BCUT2D eigenvalue weighted by Gasteiger charge is -2.29. The molecule has 0 aromatic heterocycles. The highest BCUT2D eigenvalue weighted by Crippen LogP contribution is 2.26. The molecule has 0 fully saturated rings. The Balaban J connectivity index is 2.27. The molecule has 1 unspecified atom stereocenters. The lowest BCUT2D eigenvalue weighted by molar-refractivity contribution is -0.148. The number of nitrogens with zero attached hydrogens (tertiary/aromatic N) is 1. The number of carbonyl (C=O) groups is 3. The van der Waals surface area contributed by atoms with E-state index in [1.54, 1.807) is 39.0 Å². The van der Waals surface area contributed by atoms with Crippen molar-refractivity contribution in [2.45, 2.75) is 26.3 Å². The van der Waals surface area contributed by atoms with Gasteiger partial charge in [-0.15, -0.1) is 0 Å². The fourth-order valence-corrected chi connectivity index (χ4v) is 2.30. The number of ketones is 1. The highest BCUT2D eigenvalue weighted by atomic mass is 16.7. The maximum atomic E-state index is 12.2. The summed E-state index contributed by atoms with van der Waals surface area (Å²) in [6, 6.07) is 8.15. The first kappa shape index (κ1) is 14.9. The van der Waals surface area contributed by atoms with Crippen molar-refractivity contribution in [2.75, 3.05) is 0 Å². The topological polar surface area (TPSA) is 84.8 Å². The minimum Gasteiger partial charge on any atom is -0.328 e. The van der Waals surface area contributed by atoms with Gasteiger partial charge in [-0.05, 0) is 12.8 Å². The Morgan fingerprint density at radius 2 is 1.86 bits per heavy atom. The molecule has 2 rings (SSSR count). The number of Topliss-reactive ketones (excluding diaryl/α,β-unsaturated/α-hetero) is 1. The first-order chi connectivity index (χ1) is 9.89. The van der Waals surface area contributed by atoms with Crippen molar-refractivity contribution in [1.29, 1.82) is 0 Å². The van der Waals surface area contributed by atoms with E-state index in [0.29, 0.717) is 5.71 Å². The second kappa shape index (κ2) is 5.47. The molecule has 1 heterocycles. The van der Waals surface area contributed by atoms with Crippen LogP contribution in [0.4, 0.5) is 0 Å². The normalized spacial score (nSPS) is 21.0. The molecule has 1 amide bonds. The molecule has 0 saturated heterocycles. The first-order valence-corrected chi connectivity index (χ1v) is 6.58. The maximum absolute atomic E-state index is 12.2. The number of rotatable bonds is 4. The summed E-state index contributed by atoms with van der Waals surface area (Å²) in [4.78, 5) is 40.9. The number of hydrogen-bond acceptors (Lipinski definition) is 5. The fraction of sp³-hybridized carbons (Fsp3) is 0.333. The average molecular weight is 288 g/mol. The molecule has 1 atom stereocenters. The Labute approximate surface area is 122 Å². The molecular formula is C15H16N2O4. The molecule has 1 aromatic rings. The van der Waals surface area contributed by atoms with Crippen LogP contribution in [-0.2, 0) is 14.4 Å². The third-order valence-electron chi connectivity index (χ3n) is 3.58. The molecule has 1 aliphatic rings. The number of benzene rings is 1. The Morgan fingerprint density at radius 3 is 2.33 bits per heavy atom. The minimum absolute atomic E-state index is 0.259. The monoisotopic (exact) mass is 288 g/mol. The summed E-state index contributed by atoms with van der Waals surface area (Å²) in [5.41, 5.74) is -0.798. The predicted octanol–water partition coefficient (Wildman–Crippen LogP) is 1.31. The zero-order chi connectivity index (χ0) is 15.6. The largest absolute Gasteiger partial charge is 0.366 e. The van der Waals surface area contributed by atoms with E-state index in [0.717, 1.165) is 0 Å². The van der Waals surface area contributed by atoms with Gasteiger partial charge in [0.1, 0.15) is 0 Å². The molecule has 21 heavy (non-hydrogen) atoms. The summed E-state index contributed by atoms with van der Waals surface area (Å²) in [7, 11) is 0. The predicted molar refractivity (Wildman–Crippen MR) is 75.7 cm³/mol. The van der Waals surface area contributed by atoms with Crippen molar-refractivity contribution in [1.82, 2.24) is 5.32 Å². The average Bonchev–Trinajstić information content (AvgIpc) is 2.76. The van der Waals surface area contributed by atoms with Crippen molar-refractivity contribution in [3.8, 4) is 0 Å². The molecule has 6 heteroatoms. The van der Waals surface area contributed by atoms with Crippen LogP contribution in [0.5, 0.6) is 0 Å². The quantitative estimate of drug-likeness (QED) is 0.514. The van der Waals surface area contributed by atoms with Gasteiger partial charge in [0.05, 0.1) is 5.71 Å². The van der Waals surface area contributed by atoms with E-state index in [9.17, 15) is 14.4 Å². The molecule has 1 N–H and O–H groups in total. The molecule has 110 valence electrons. The van der Waals surface area contributed by atoms with E-state index in [1.165, 1.54) is 12.1 Å². The number of carbonyl (C=O) groups excluding carboxylic acids is 3. The van der Waals surface area contributed by atoms with Crippen LogP contribution in [0.3, 0.4) is 0 Å². The number of nitrogens with one attached hydrogen (secondary N) is 1. The van der Waals surface area contributed by atoms with E-state index in [-0.39, 0.29) is 11.5 Å². The van der Waals surface area contributed by atoms with E-state index in [4.69, 9.17) is 0 Å². The molecule has 1 aliphatic heterocycles. The smallest absolute Gasteiger partial charge is 0.328 e. The van der Waals surface area contributed by atoms with Crippen molar-refractivity contribution >= 4 is 23.4 Å². The second-order valence-electron chi connectivity index (χ2n) is 5.17. The first-order valence-electron chi connectivity index (χ1n) is 6.58. The standard InChI is InChI=1S/C15H16N2O4/c1-9(2)15(10(3)17-21-14(15)20)16-13(19)12(18)11-7-5-4-6-8-11/h4-9H,1-3H3,(H,16,19). The van der Waals surface area contributed by atoms with Gasteiger partial charge in [0.25, 0.3) is 5.91 Å². The Morgan fingerprint density at radius 1 is 1.24 bits per heavy atom. The highest BCUT2D eigenvalue weighted by molar-refractivity contribution is 6.44. The van der Waals surface area contributed by atoms with Crippen LogP contribution >= 0.6 is 0 Å². The highest BCUT2D eigenvalue weighted by Gasteiger charge is 2.52. The molecule has 1 aromatic carbocycles. The van der Waals surface area contributed by atoms with Crippen LogP contribution in [0.2, 0.25) is 0 Å². The second-order valence-corrected chi connectivity index (χ2v) is 5.17. The van der Waals surface area contributed by atoms with E-state index < -0.39 is 23.2 Å². The summed E-state index contributed by atoms with van der Waals surface area (Å²) < 4.78 is 0. The van der Waals surface area contributed by atoms with Gasteiger partial charge in [-0.2, -0.15) is 0 Å². The third kappa shape index (κ3) is 2.44. The van der Waals surface area contributed by atoms with Gasteiger partial charge in [0.2, 0.25) is 5.78 Å². The molecule has 6 nitrogen and oxygen atoms in total.